The maximum absolute atomic E-state index is 11.9. The number of aryl methyl sites for hydroxylation is 1. The number of nitrogens with one attached hydrogen (secondary N) is 1. The normalized spacial score (nSPS) is 11.6. The maximum Gasteiger partial charge on any atom is 0.345 e. The zero-order valence-corrected chi connectivity index (χ0v) is 11.5. The molecule has 0 amide bonds. The number of aromatic carboxylic acids is 1. The van der Waals surface area contributed by atoms with Gasteiger partial charge in [0.05, 0.1) is 6.20 Å². The summed E-state index contributed by atoms with van der Waals surface area (Å²) in [7, 11) is -1.96. The first kappa shape index (κ1) is 13.7. The second kappa shape index (κ2) is 5.11. The number of carbonyl (C=O) groups is 1. The molecule has 0 aliphatic carbocycles. The summed E-state index contributed by atoms with van der Waals surface area (Å²) in [6.45, 7) is 0.108. The van der Waals surface area contributed by atoms with E-state index in [1.54, 1.807) is 24.1 Å². The molecular formula is C10H11N3O4S2. The number of rotatable bonds is 5. The molecule has 2 aromatic rings. The van der Waals surface area contributed by atoms with Crippen molar-refractivity contribution in [2.45, 2.75) is 10.8 Å². The van der Waals surface area contributed by atoms with Crippen LogP contribution in [0, 0.1) is 0 Å². The fourth-order valence-electron chi connectivity index (χ4n) is 1.39. The Kier molecular flexibility index (Phi) is 3.69. The van der Waals surface area contributed by atoms with Gasteiger partial charge >= 0.3 is 5.97 Å². The highest BCUT2D eigenvalue weighted by molar-refractivity contribution is 7.91. The van der Waals surface area contributed by atoms with Gasteiger partial charge in [0.2, 0.25) is 10.0 Å². The van der Waals surface area contributed by atoms with Gasteiger partial charge in [0.25, 0.3) is 0 Å². The summed E-state index contributed by atoms with van der Waals surface area (Å²) in [5.74, 6) is -1.14. The van der Waals surface area contributed by atoms with Crippen LogP contribution in [0.25, 0.3) is 0 Å². The molecule has 0 aliphatic heterocycles. The maximum atomic E-state index is 11.9. The first-order valence-corrected chi connectivity index (χ1v) is 7.49. The molecule has 2 N–H and O–H groups in total. The van der Waals surface area contributed by atoms with Crippen molar-refractivity contribution < 1.29 is 18.3 Å². The smallest absolute Gasteiger partial charge is 0.345 e. The molecule has 7 nitrogen and oxygen atoms in total. The molecule has 0 unspecified atom stereocenters. The van der Waals surface area contributed by atoms with E-state index in [1.165, 1.54) is 12.1 Å². The molecule has 0 saturated carbocycles. The number of carboxylic acids is 1. The van der Waals surface area contributed by atoms with Crippen LogP contribution in [0.15, 0.2) is 28.7 Å². The molecule has 9 heteroatoms. The first-order valence-electron chi connectivity index (χ1n) is 5.19. The Morgan fingerprint density at radius 1 is 1.53 bits per heavy atom. The summed E-state index contributed by atoms with van der Waals surface area (Å²) in [5.41, 5.74) is 0.723. The highest BCUT2D eigenvalue weighted by Crippen LogP contribution is 2.21. The van der Waals surface area contributed by atoms with E-state index in [-0.39, 0.29) is 15.6 Å². The van der Waals surface area contributed by atoms with Gasteiger partial charge in [-0.15, -0.1) is 11.3 Å². The van der Waals surface area contributed by atoms with Gasteiger partial charge in [-0.25, -0.2) is 17.9 Å². The molecule has 0 saturated heterocycles. The van der Waals surface area contributed by atoms with Gasteiger partial charge in [0.15, 0.2) is 0 Å². The Hall–Kier alpha value is -1.71. The van der Waals surface area contributed by atoms with Crippen LogP contribution in [0.2, 0.25) is 0 Å². The van der Waals surface area contributed by atoms with Crippen LogP contribution in [-0.2, 0) is 23.6 Å². The highest BCUT2D eigenvalue weighted by atomic mass is 32.2. The number of sulfonamides is 1. The predicted molar refractivity (Wildman–Crippen MR) is 68.5 cm³/mol. The van der Waals surface area contributed by atoms with E-state index >= 15 is 0 Å². The van der Waals surface area contributed by atoms with Gasteiger partial charge < -0.3 is 5.11 Å². The van der Waals surface area contributed by atoms with E-state index < -0.39 is 16.0 Å². The average Bonchev–Trinajstić information content (AvgIpc) is 2.95. The third-order valence-corrected chi connectivity index (χ3v) is 5.25. The summed E-state index contributed by atoms with van der Waals surface area (Å²) in [5, 5.41) is 12.7. The summed E-state index contributed by atoms with van der Waals surface area (Å²) in [4.78, 5) is 10.7. The Morgan fingerprint density at radius 3 is 2.79 bits per heavy atom. The Morgan fingerprint density at radius 2 is 2.26 bits per heavy atom. The second-order valence-corrected chi connectivity index (χ2v) is 6.85. The van der Waals surface area contributed by atoms with Gasteiger partial charge in [0.1, 0.15) is 9.09 Å². The van der Waals surface area contributed by atoms with Crippen molar-refractivity contribution in [2.75, 3.05) is 0 Å². The van der Waals surface area contributed by atoms with E-state index in [4.69, 9.17) is 5.11 Å². The van der Waals surface area contributed by atoms with Crippen LogP contribution in [0.3, 0.4) is 0 Å². The molecule has 2 heterocycles. The Bertz CT molecular complexity index is 702. The second-order valence-electron chi connectivity index (χ2n) is 3.77. The van der Waals surface area contributed by atoms with Crippen LogP contribution in [0.5, 0.6) is 0 Å². The van der Waals surface area contributed by atoms with Gasteiger partial charge in [-0.05, 0) is 12.1 Å². The number of aromatic nitrogens is 2. The lowest BCUT2D eigenvalue weighted by molar-refractivity contribution is 0.0702. The van der Waals surface area contributed by atoms with Crippen molar-refractivity contribution in [2.24, 2.45) is 7.05 Å². The fourth-order valence-corrected chi connectivity index (χ4v) is 3.60. The van der Waals surface area contributed by atoms with Crippen molar-refractivity contribution in [3.05, 3.63) is 35.0 Å². The van der Waals surface area contributed by atoms with Crippen molar-refractivity contribution in [3.8, 4) is 0 Å². The standard InChI is InChI=1S/C10H11N3O4S2/c1-13-6-7(4-11-13)5-12-19(16,17)9-3-2-8(18-9)10(14)15/h2-4,6,12H,5H2,1H3,(H,14,15). The van der Waals surface area contributed by atoms with E-state index in [0.717, 1.165) is 16.9 Å². The molecule has 0 aliphatic rings. The zero-order chi connectivity index (χ0) is 14.0. The van der Waals surface area contributed by atoms with Gasteiger partial charge in [0, 0.05) is 25.4 Å². The highest BCUT2D eigenvalue weighted by Gasteiger charge is 2.18. The van der Waals surface area contributed by atoms with Crippen LogP contribution < -0.4 is 4.72 Å². The zero-order valence-electron chi connectivity index (χ0n) is 9.90. The van der Waals surface area contributed by atoms with E-state index in [9.17, 15) is 13.2 Å². The number of hydrogen-bond acceptors (Lipinski definition) is 5. The molecule has 19 heavy (non-hydrogen) atoms. The number of hydrogen-bond donors (Lipinski definition) is 2. The van der Waals surface area contributed by atoms with Crippen LogP contribution in [-0.4, -0.2) is 29.3 Å². The van der Waals surface area contributed by atoms with Crippen molar-refractivity contribution in [1.29, 1.82) is 0 Å². The summed E-state index contributed by atoms with van der Waals surface area (Å²) >= 11 is 0.717. The summed E-state index contributed by atoms with van der Waals surface area (Å²) in [6.07, 6.45) is 3.25. The molecule has 0 atom stereocenters. The molecular weight excluding hydrogens is 290 g/mol. The van der Waals surface area contributed by atoms with Crippen molar-refractivity contribution >= 4 is 27.3 Å². The fraction of sp³-hybridized carbons (Fsp3) is 0.200. The van der Waals surface area contributed by atoms with Gasteiger partial charge in [-0.1, -0.05) is 0 Å². The molecule has 0 spiro atoms. The molecule has 0 radical (unpaired) electrons. The lowest BCUT2D eigenvalue weighted by Crippen LogP contribution is -2.22. The first-order chi connectivity index (χ1) is 8.88. The number of carboxylic acid groups (broad SMARTS) is 1. The van der Waals surface area contributed by atoms with Crippen molar-refractivity contribution in [3.63, 3.8) is 0 Å². The van der Waals surface area contributed by atoms with E-state index in [2.05, 4.69) is 9.82 Å². The van der Waals surface area contributed by atoms with E-state index in [1.807, 2.05) is 0 Å². The lowest BCUT2D eigenvalue weighted by Gasteiger charge is -2.02. The van der Waals surface area contributed by atoms with Crippen LogP contribution >= 0.6 is 11.3 Å². The SMILES string of the molecule is Cn1cc(CNS(=O)(=O)c2ccc(C(=O)O)s2)cn1. The predicted octanol–water partition coefficient (Wildman–Crippen LogP) is 0.658. The molecule has 102 valence electrons. The third-order valence-electron chi connectivity index (χ3n) is 2.28. The van der Waals surface area contributed by atoms with Crippen LogP contribution in [0.1, 0.15) is 15.2 Å². The Balaban J connectivity index is 2.11. The lowest BCUT2D eigenvalue weighted by atomic mass is 10.4. The molecule has 2 rings (SSSR count). The minimum atomic E-state index is -3.69. The molecule has 0 aromatic carbocycles. The number of nitrogens with zero attached hydrogens (tertiary/aromatic N) is 2. The van der Waals surface area contributed by atoms with Crippen LogP contribution in [0.4, 0.5) is 0 Å². The molecule has 2 aromatic heterocycles. The Labute approximate surface area is 113 Å². The van der Waals surface area contributed by atoms with Gasteiger partial charge in [-0.3, -0.25) is 4.68 Å². The summed E-state index contributed by atoms with van der Waals surface area (Å²) in [6, 6.07) is 2.55. The topological polar surface area (TPSA) is 101 Å². The third kappa shape index (κ3) is 3.19. The molecule has 0 fully saturated rings. The quantitative estimate of drug-likeness (QED) is 0.844. The monoisotopic (exact) mass is 301 g/mol. The molecule has 0 bridgehead atoms. The number of thiophene rings is 1. The minimum Gasteiger partial charge on any atom is -0.477 e. The van der Waals surface area contributed by atoms with E-state index in [0.29, 0.717) is 0 Å². The average molecular weight is 301 g/mol. The van der Waals surface area contributed by atoms with Crippen molar-refractivity contribution in [1.82, 2.24) is 14.5 Å². The summed E-state index contributed by atoms with van der Waals surface area (Å²) < 4.78 is 27.8. The minimum absolute atomic E-state index is 0.0123. The largest absolute Gasteiger partial charge is 0.477 e. The van der Waals surface area contributed by atoms with Gasteiger partial charge in [-0.2, -0.15) is 5.10 Å².